The van der Waals surface area contributed by atoms with Crippen molar-refractivity contribution in [2.24, 2.45) is 0 Å². The average Bonchev–Trinajstić information content (AvgIpc) is 2.37. The normalized spacial score (nSPS) is 11.2. The zero-order valence-electron chi connectivity index (χ0n) is 12.7. The second-order valence-electron chi connectivity index (χ2n) is 4.68. The Morgan fingerprint density at radius 2 is 1.90 bits per heavy atom. The Bertz CT molecular complexity index is 398. The van der Waals surface area contributed by atoms with Gasteiger partial charge in [-0.25, -0.2) is 0 Å². The van der Waals surface area contributed by atoms with Crippen molar-refractivity contribution in [2.45, 2.75) is 40.2 Å². The second kappa shape index (κ2) is 8.92. The van der Waals surface area contributed by atoms with Crippen molar-refractivity contribution in [3.05, 3.63) is 5.28 Å². The highest BCUT2D eigenvalue weighted by atomic mass is 35.5. The molecule has 1 heterocycles. The molecule has 1 aromatic rings. The van der Waals surface area contributed by atoms with E-state index < -0.39 is 0 Å². The Morgan fingerprint density at radius 3 is 2.50 bits per heavy atom. The molecule has 0 aliphatic carbocycles. The van der Waals surface area contributed by atoms with E-state index in [1.165, 1.54) is 0 Å². The number of halogens is 1. The van der Waals surface area contributed by atoms with Crippen LogP contribution in [0.4, 0.5) is 5.95 Å². The van der Waals surface area contributed by atoms with Crippen LogP contribution < -0.4 is 10.1 Å². The minimum absolute atomic E-state index is 0.00369. The van der Waals surface area contributed by atoms with Gasteiger partial charge in [-0.3, -0.25) is 0 Å². The van der Waals surface area contributed by atoms with Gasteiger partial charge >= 0.3 is 6.01 Å². The van der Waals surface area contributed by atoms with Crippen LogP contribution in [0.15, 0.2) is 0 Å². The van der Waals surface area contributed by atoms with Crippen molar-refractivity contribution >= 4 is 17.5 Å². The number of anilines is 1. The number of rotatable bonds is 9. The summed E-state index contributed by atoms with van der Waals surface area (Å²) in [5.74, 6) is 0.459. The highest BCUT2D eigenvalue weighted by Crippen LogP contribution is 2.12. The molecule has 0 spiro atoms. The second-order valence-corrected chi connectivity index (χ2v) is 5.02. The summed E-state index contributed by atoms with van der Waals surface area (Å²) in [6.45, 7) is 12.1. The molecule has 114 valence electrons. The van der Waals surface area contributed by atoms with Crippen LogP contribution in [0.1, 0.15) is 34.1 Å². The molecule has 0 aliphatic heterocycles. The first kappa shape index (κ1) is 16.9. The maximum atomic E-state index is 5.85. The molecular formula is C13H24ClN5O. The zero-order valence-corrected chi connectivity index (χ0v) is 13.4. The Kier molecular flexibility index (Phi) is 7.54. The van der Waals surface area contributed by atoms with Crippen LogP contribution in [0.25, 0.3) is 0 Å². The molecule has 0 saturated heterocycles. The molecule has 0 unspecified atom stereocenters. The lowest BCUT2D eigenvalue weighted by molar-refractivity contribution is 0.222. The molecule has 7 heteroatoms. The third kappa shape index (κ3) is 6.34. The number of ether oxygens (including phenoxy) is 1. The summed E-state index contributed by atoms with van der Waals surface area (Å²) in [4.78, 5) is 14.5. The lowest BCUT2D eigenvalue weighted by atomic mass is 10.3. The molecule has 20 heavy (non-hydrogen) atoms. The van der Waals surface area contributed by atoms with E-state index in [9.17, 15) is 0 Å². The number of hydrogen-bond acceptors (Lipinski definition) is 6. The number of aromatic nitrogens is 3. The summed E-state index contributed by atoms with van der Waals surface area (Å²) in [7, 11) is 0. The maximum Gasteiger partial charge on any atom is 0.322 e. The van der Waals surface area contributed by atoms with Crippen LogP contribution in [0.2, 0.25) is 5.28 Å². The van der Waals surface area contributed by atoms with Crippen molar-refractivity contribution in [1.82, 2.24) is 19.9 Å². The van der Waals surface area contributed by atoms with E-state index >= 15 is 0 Å². The van der Waals surface area contributed by atoms with E-state index in [0.29, 0.717) is 5.95 Å². The SMILES string of the molecule is CCN(CC)CCCNc1nc(Cl)nc(OC(C)C)n1. The molecule has 0 radical (unpaired) electrons. The van der Waals surface area contributed by atoms with Gasteiger partial charge in [0.05, 0.1) is 6.10 Å². The van der Waals surface area contributed by atoms with Crippen LogP contribution in [0.5, 0.6) is 6.01 Å². The molecule has 0 amide bonds. The fourth-order valence-corrected chi connectivity index (χ4v) is 1.87. The smallest absolute Gasteiger partial charge is 0.322 e. The number of hydrogen-bond donors (Lipinski definition) is 1. The van der Waals surface area contributed by atoms with Crippen LogP contribution >= 0.6 is 11.6 Å². The van der Waals surface area contributed by atoms with E-state index in [2.05, 4.69) is 39.0 Å². The standard InChI is InChI=1S/C13H24ClN5O/c1-5-19(6-2)9-7-8-15-12-16-11(14)17-13(18-12)20-10(3)4/h10H,5-9H2,1-4H3,(H,15,16,17,18). The van der Waals surface area contributed by atoms with Crippen molar-refractivity contribution < 1.29 is 4.74 Å². The minimum atomic E-state index is 0.00369. The van der Waals surface area contributed by atoms with Gasteiger partial charge in [0.15, 0.2) is 0 Å². The van der Waals surface area contributed by atoms with Crippen molar-refractivity contribution in [1.29, 1.82) is 0 Å². The fraction of sp³-hybridized carbons (Fsp3) is 0.769. The lowest BCUT2D eigenvalue weighted by Gasteiger charge is -2.17. The summed E-state index contributed by atoms with van der Waals surface area (Å²) in [5.41, 5.74) is 0. The fourth-order valence-electron chi connectivity index (χ4n) is 1.72. The molecule has 6 nitrogen and oxygen atoms in total. The first-order chi connectivity index (χ1) is 9.55. The molecule has 0 fully saturated rings. The van der Waals surface area contributed by atoms with Crippen molar-refractivity contribution in [3.63, 3.8) is 0 Å². The maximum absolute atomic E-state index is 5.85. The minimum Gasteiger partial charge on any atom is -0.461 e. The van der Waals surface area contributed by atoms with E-state index in [4.69, 9.17) is 16.3 Å². The van der Waals surface area contributed by atoms with Gasteiger partial charge < -0.3 is 15.0 Å². The molecule has 1 rings (SSSR count). The molecular weight excluding hydrogens is 278 g/mol. The van der Waals surface area contributed by atoms with Gasteiger partial charge in [0, 0.05) is 6.54 Å². The van der Waals surface area contributed by atoms with Crippen LogP contribution in [-0.4, -0.2) is 52.1 Å². The van der Waals surface area contributed by atoms with Gasteiger partial charge in [-0.05, 0) is 51.5 Å². The average molecular weight is 302 g/mol. The first-order valence-electron chi connectivity index (χ1n) is 7.09. The van der Waals surface area contributed by atoms with Crippen LogP contribution in [0, 0.1) is 0 Å². The van der Waals surface area contributed by atoms with Gasteiger partial charge in [-0.15, -0.1) is 0 Å². The van der Waals surface area contributed by atoms with Gasteiger partial charge in [0.1, 0.15) is 0 Å². The Morgan fingerprint density at radius 1 is 1.20 bits per heavy atom. The summed E-state index contributed by atoms with van der Waals surface area (Å²) >= 11 is 5.85. The van der Waals surface area contributed by atoms with Gasteiger partial charge in [0.25, 0.3) is 0 Å². The largest absolute Gasteiger partial charge is 0.461 e. The topological polar surface area (TPSA) is 63.2 Å². The molecule has 0 atom stereocenters. The molecule has 1 aromatic heterocycles. The zero-order chi connectivity index (χ0) is 15.0. The Labute approximate surface area is 125 Å². The highest BCUT2D eigenvalue weighted by Gasteiger charge is 2.07. The van der Waals surface area contributed by atoms with Gasteiger partial charge in [-0.1, -0.05) is 13.8 Å². The lowest BCUT2D eigenvalue weighted by Crippen LogP contribution is -2.25. The van der Waals surface area contributed by atoms with Crippen LogP contribution in [0.3, 0.4) is 0 Å². The summed E-state index contributed by atoms with van der Waals surface area (Å²) in [6.07, 6.45) is 1.02. The third-order valence-electron chi connectivity index (χ3n) is 2.76. The van der Waals surface area contributed by atoms with Crippen molar-refractivity contribution in [3.8, 4) is 6.01 Å². The quantitative estimate of drug-likeness (QED) is 0.707. The number of nitrogens with one attached hydrogen (secondary N) is 1. The monoisotopic (exact) mass is 301 g/mol. The van der Waals surface area contributed by atoms with Gasteiger partial charge in [-0.2, -0.15) is 15.0 Å². The highest BCUT2D eigenvalue weighted by molar-refractivity contribution is 6.28. The Hall–Kier alpha value is -1.14. The van der Waals surface area contributed by atoms with E-state index in [0.717, 1.165) is 32.6 Å². The van der Waals surface area contributed by atoms with Crippen LogP contribution in [-0.2, 0) is 0 Å². The van der Waals surface area contributed by atoms with E-state index in [-0.39, 0.29) is 17.4 Å². The van der Waals surface area contributed by atoms with Crippen molar-refractivity contribution in [2.75, 3.05) is 31.5 Å². The molecule has 1 N–H and O–H groups in total. The predicted molar refractivity (Wildman–Crippen MR) is 81.5 cm³/mol. The first-order valence-corrected chi connectivity index (χ1v) is 7.47. The molecule has 0 saturated carbocycles. The molecule has 0 bridgehead atoms. The van der Waals surface area contributed by atoms with E-state index in [1.54, 1.807) is 0 Å². The molecule has 0 aromatic carbocycles. The van der Waals surface area contributed by atoms with Gasteiger partial charge in [0.2, 0.25) is 11.2 Å². The summed E-state index contributed by atoms with van der Waals surface area (Å²) in [5, 5.41) is 3.29. The summed E-state index contributed by atoms with van der Waals surface area (Å²) in [6, 6.07) is 0.256. The predicted octanol–water partition coefficient (Wildman–Crippen LogP) is 2.46. The number of nitrogens with zero attached hydrogens (tertiary/aromatic N) is 4. The van der Waals surface area contributed by atoms with E-state index in [1.807, 2.05) is 13.8 Å². The summed E-state index contributed by atoms with van der Waals surface area (Å²) < 4.78 is 5.42. The third-order valence-corrected chi connectivity index (χ3v) is 2.93. The molecule has 0 aliphatic rings. The Balaban J connectivity index is 2.45.